The number of hydrogen-bond donors (Lipinski definition) is 1. The van der Waals surface area contributed by atoms with Crippen molar-refractivity contribution in [1.82, 2.24) is 9.97 Å². The van der Waals surface area contributed by atoms with Gasteiger partial charge in [-0.05, 0) is 26.0 Å². The lowest BCUT2D eigenvalue weighted by Crippen LogP contribution is -2.00. The number of anilines is 1. The molecule has 5 heteroatoms. The Bertz CT molecular complexity index is 561. The Kier molecular flexibility index (Phi) is 3.62. The van der Waals surface area contributed by atoms with Crippen molar-refractivity contribution < 1.29 is 4.39 Å². The van der Waals surface area contributed by atoms with Gasteiger partial charge in [0, 0.05) is 17.0 Å². The molecule has 0 aliphatic heterocycles. The number of nitrogens with one attached hydrogen (secondary N) is 1. The van der Waals surface area contributed by atoms with E-state index in [1.54, 1.807) is 18.2 Å². The van der Waals surface area contributed by atoms with E-state index in [1.165, 1.54) is 12.3 Å². The van der Waals surface area contributed by atoms with E-state index in [-0.39, 0.29) is 5.82 Å². The Balaban J connectivity index is 2.10. The monoisotopic (exact) mass is 244 g/mol. The van der Waals surface area contributed by atoms with Gasteiger partial charge in [0.15, 0.2) is 0 Å². The van der Waals surface area contributed by atoms with Crippen LogP contribution in [-0.2, 0) is 0 Å². The Morgan fingerprint density at radius 3 is 2.50 bits per heavy atom. The van der Waals surface area contributed by atoms with E-state index in [2.05, 4.69) is 20.5 Å². The highest BCUT2D eigenvalue weighted by molar-refractivity contribution is 5.80. The van der Waals surface area contributed by atoms with E-state index >= 15 is 0 Å². The van der Waals surface area contributed by atoms with Crippen LogP contribution < -0.4 is 5.43 Å². The van der Waals surface area contributed by atoms with Gasteiger partial charge in [-0.3, -0.25) is 0 Å². The molecule has 1 N–H and O–H groups in total. The SMILES string of the molecule is Cc1cc(C)nc(N/N=C/c2ccccc2F)n1. The molecular formula is C13H13FN4. The minimum atomic E-state index is -0.315. The Morgan fingerprint density at radius 2 is 1.83 bits per heavy atom. The average molecular weight is 244 g/mol. The van der Waals surface area contributed by atoms with Gasteiger partial charge >= 0.3 is 0 Å². The van der Waals surface area contributed by atoms with Crippen molar-refractivity contribution in [1.29, 1.82) is 0 Å². The van der Waals surface area contributed by atoms with Crippen LogP contribution in [-0.4, -0.2) is 16.2 Å². The van der Waals surface area contributed by atoms with Gasteiger partial charge in [0.2, 0.25) is 5.95 Å². The highest BCUT2D eigenvalue weighted by atomic mass is 19.1. The zero-order chi connectivity index (χ0) is 13.0. The lowest BCUT2D eigenvalue weighted by Gasteiger charge is -2.01. The van der Waals surface area contributed by atoms with Crippen LogP contribution >= 0.6 is 0 Å². The fourth-order valence-corrected chi connectivity index (χ4v) is 1.52. The summed E-state index contributed by atoms with van der Waals surface area (Å²) >= 11 is 0. The smallest absolute Gasteiger partial charge is 0.243 e. The number of hydrogen-bond acceptors (Lipinski definition) is 4. The second-order valence-corrected chi connectivity index (χ2v) is 3.87. The third kappa shape index (κ3) is 3.10. The first kappa shape index (κ1) is 12.2. The van der Waals surface area contributed by atoms with Crippen LogP contribution in [0.15, 0.2) is 35.4 Å². The third-order valence-corrected chi connectivity index (χ3v) is 2.26. The van der Waals surface area contributed by atoms with Crippen molar-refractivity contribution in [2.24, 2.45) is 5.10 Å². The molecule has 0 saturated carbocycles. The lowest BCUT2D eigenvalue weighted by molar-refractivity contribution is 0.626. The fourth-order valence-electron chi connectivity index (χ4n) is 1.52. The summed E-state index contributed by atoms with van der Waals surface area (Å²) < 4.78 is 13.3. The van der Waals surface area contributed by atoms with Gasteiger partial charge in [0.25, 0.3) is 0 Å². The van der Waals surface area contributed by atoms with Crippen molar-refractivity contribution in [3.8, 4) is 0 Å². The molecule has 0 spiro atoms. The van der Waals surface area contributed by atoms with Gasteiger partial charge in [-0.15, -0.1) is 0 Å². The molecule has 0 aliphatic rings. The molecule has 92 valence electrons. The molecule has 0 radical (unpaired) electrons. The highest BCUT2D eigenvalue weighted by Gasteiger charge is 1.98. The predicted octanol–water partition coefficient (Wildman–Crippen LogP) is 2.68. The van der Waals surface area contributed by atoms with Gasteiger partial charge in [-0.25, -0.2) is 19.8 Å². The Hall–Kier alpha value is -2.30. The summed E-state index contributed by atoms with van der Waals surface area (Å²) in [5.41, 5.74) is 4.80. The maximum absolute atomic E-state index is 13.3. The second-order valence-electron chi connectivity index (χ2n) is 3.87. The predicted molar refractivity (Wildman–Crippen MR) is 69.1 cm³/mol. The Labute approximate surface area is 105 Å². The van der Waals surface area contributed by atoms with Crippen LogP contribution in [0.3, 0.4) is 0 Å². The quantitative estimate of drug-likeness (QED) is 0.667. The minimum absolute atomic E-state index is 0.315. The molecule has 0 fully saturated rings. The van der Waals surface area contributed by atoms with Crippen molar-refractivity contribution in [3.63, 3.8) is 0 Å². The molecular weight excluding hydrogens is 231 g/mol. The summed E-state index contributed by atoms with van der Waals surface area (Å²) in [4.78, 5) is 8.32. The van der Waals surface area contributed by atoms with Crippen LogP contribution in [0.2, 0.25) is 0 Å². The number of rotatable bonds is 3. The largest absolute Gasteiger partial charge is 0.245 e. The molecule has 4 nitrogen and oxygen atoms in total. The first-order chi connectivity index (χ1) is 8.65. The number of aromatic nitrogens is 2. The van der Waals surface area contributed by atoms with Crippen LogP contribution in [0, 0.1) is 19.7 Å². The van der Waals surface area contributed by atoms with Crippen LogP contribution in [0.25, 0.3) is 0 Å². The maximum atomic E-state index is 13.3. The van der Waals surface area contributed by atoms with Crippen LogP contribution in [0.1, 0.15) is 17.0 Å². The van der Waals surface area contributed by atoms with Gasteiger partial charge in [-0.1, -0.05) is 18.2 Å². The van der Waals surface area contributed by atoms with Crippen molar-refractivity contribution in [3.05, 3.63) is 53.1 Å². The van der Waals surface area contributed by atoms with E-state index in [0.29, 0.717) is 11.5 Å². The van der Waals surface area contributed by atoms with Crippen molar-refractivity contribution >= 4 is 12.2 Å². The maximum Gasteiger partial charge on any atom is 0.243 e. The summed E-state index contributed by atoms with van der Waals surface area (Å²) in [6.45, 7) is 3.75. The number of halogens is 1. The molecule has 1 aromatic heterocycles. The molecule has 0 amide bonds. The molecule has 2 rings (SSSR count). The van der Waals surface area contributed by atoms with Crippen molar-refractivity contribution in [2.75, 3.05) is 5.43 Å². The summed E-state index contributed by atoms with van der Waals surface area (Å²) in [6, 6.07) is 8.27. The number of nitrogens with zero attached hydrogens (tertiary/aromatic N) is 3. The molecule has 1 aromatic carbocycles. The van der Waals surface area contributed by atoms with Gasteiger partial charge < -0.3 is 0 Å². The van der Waals surface area contributed by atoms with Crippen molar-refractivity contribution in [2.45, 2.75) is 13.8 Å². The molecule has 0 bridgehead atoms. The lowest BCUT2D eigenvalue weighted by atomic mass is 10.2. The van der Waals surface area contributed by atoms with Gasteiger partial charge in [0.05, 0.1) is 6.21 Å². The van der Waals surface area contributed by atoms with E-state index in [1.807, 2.05) is 19.9 Å². The van der Waals surface area contributed by atoms with E-state index in [4.69, 9.17) is 0 Å². The van der Waals surface area contributed by atoms with Crippen LogP contribution in [0.5, 0.6) is 0 Å². The zero-order valence-corrected chi connectivity index (χ0v) is 10.2. The third-order valence-electron chi connectivity index (χ3n) is 2.26. The van der Waals surface area contributed by atoms with E-state index in [9.17, 15) is 4.39 Å². The summed E-state index contributed by atoms with van der Waals surface area (Å²) in [7, 11) is 0. The molecule has 0 atom stereocenters. The normalized spacial score (nSPS) is 10.8. The Morgan fingerprint density at radius 1 is 1.17 bits per heavy atom. The molecule has 1 heterocycles. The highest BCUT2D eigenvalue weighted by Crippen LogP contribution is 2.05. The number of hydrazone groups is 1. The summed E-state index contributed by atoms with van der Waals surface area (Å²) in [6.07, 6.45) is 1.40. The molecule has 0 saturated heterocycles. The number of aryl methyl sites for hydroxylation is 2. The number of benzene rings is 1. The van der Waals surface area contributed by atoms with E-state index < -0.39 is 0 Å². The first-order valence-electron chi connectivity index (χ1n) is 5.51. The molecule has 18 heavy (non-hydrogen) atoms. The summed E-state index contributed by atoms with van der Waals surface area (Å²) in [5.74, 6) is 0.0875. The van der Waals surface area contributed by atoms with Gasteiger partial charge in [0.1, 0.15) is 5.82 Å². The fraction of sp³-hybridized carbons (Fsp3) is 0.154. The zero-order valence-electron chi connectivity index (χ0n) is 10.2. The molecule has 0 unspecified atom stereocenters. The van der Waals surface area contributed by atoms with Crippen LogP contribution in [0.4, 0.5) is 10.3 Å². The van der Waals surface area contributed by atoms with Gasteiger partial charge in [-0.2, -0.15) is 5.10 Å². The molecule has 0 aliphatic carbocycles. The van der Waals surface area contributed by atoms with E-state index in [0.717, 1.165) is 11.4 Å². The second kappa shape index (κ2) is 5.35. The first-order valence-corrected chi connectivity index (χ1v) is 5.51. The standard InChI is InChI=1S/C13H13FN4/c1-9-7-10(2)17-13(16-9)18-15-8-11-5-3-4-6-12(11)14/h3-8H,1-2H3,(H,16,17,18)/b15-8+. The summed E-state index contributed by atoms with van der Waals surface area (Å²) in [5, 5.41) is 3.91. The minimum Gasteiger partial charge on any atom is -0.245 e. The average Bonchev–Trinajstić information content (AvgIpc) is 2.30. The topological polar surface area (TPSA) is 50.2 Å². The molecule has 2 aromatic rings.